The number of hydroxylamine groups is 1. The van der Waals surface area contributed by atoms with E-state index in [0.717, 1.165) is 11.1 Å². The van der Waals surface area contributed by atoms with Gasteiger partial charge in [0.2, 0.25) is 5.96 Å². The summed E-state index contributed by atoms with van der Waals surface area (Å²) in [4.78, 5) is 0. The Labute approximate surface area is 127 Å². The van der Waals surface area contributed by atoms with Crippen LogP contribution >= 0.6 is 0 Å². The smallest absolute Gasteiger partial charge is 0.237 e. The van der Waals surface area contributed by atoms with Crippen molar-refractivity contribution in [2.75, 3.05) is 0 Å². The van der Waals surface area contributed by atoms with E-state index in [4.69, 9.17) is 10.9 Å². The maximum Gasteiger partial charge on any atom is 0.237 e. The van der Waals surface area contributed by atoms with E-state index in [1.54, 1.807) is 5.48 Å². The van der Waals surface area contributed by atoms with Crippen LogP contribution in [0, 0.1) is 0 Å². The monoisotopic (exact) mass is 333 g/mol. The molecule has 0 unspecified atom stereocenters. The highest BCUT2D eigenvalue weighted by Gasteiger charge is 2.05. The first-order valence-electron chi connectivity index (χ1n) is 5.73. The second kappa shape index (κ2) is 8.08. The van der Waals surface area contributed by atoms with Crippen LogP contribution in [0.3, 0.4) is 0 Å². The van der Waals surface area contributed by atoms with Crippen molar-refractivity contribution in [3.8, 4) is 0 Å². The molecule has 0 fully saturated rings. The molecule has 2 aromatic rings. The van der Waals surface area contributed by atoms with Crippen molar-refractivity contribution >= 4 is 11.7 Å². The summed E-state index contributed by atoms with van der Waals surface area (Å²) in [6.45, 7) is 0. The van der Waals surface area contributed by atoms with Crippen molar-refractivity contribution in [2.24, 2.45) is 15.9 Å². The third-order valence-electron chi connectivity index (χ3n) is 2.47. The molecule has 0 saturated heterocycles. The summed E-state index contributed by atoms with van der Waals surface area (Å²) in [5.74, 6) is -0.163. The van der Waals surface area contributed by atoms with Crippen molar-refractivity contribution in [1.82, 2.24) is 5.48 Å². The number of rotatable bonds is 3. The lowest BCUT2D eigenvalue weighted by Crippen LogP contribution is -3.00. The van der Waals surface area contributed by atoms with E-state index in [0.29, 0.717) is 5.71 Å². The second-order valence-corrected chi connectivity index (χ2v) is 3.78. The highest BCUT2D eigenvalue weighted by Crippen LogP contribution is 2.10. The second-order valence-electron chi connectivity index (χ2n) is 3.78. The summed E-state index contributed by atoms with van der Waals surface area (Å²) in [6.07, 6.45) is 0. The molecule has 20 heavy (non-hydrogen) atoms. The van der Waals surface area contributed by atoms with Crippen LogP contribution in [0.15, 0.2) is 70.9 Å². The normalized spacial score (nSPS) is 10.3. The van der Waals surface area contributed by atoms with Gasteiger partial charge in [-0.05, 0) is 0 Å². The van der Waals surface area contributed by atoms with Gasteiger partial charge in [0.15, 0.2) is 0 Å². The number of halogens is 1. The van der Waals surface area contributed by atoms with Gasteiger partial charge in [0.25, 0.3) is 0 Å². The molecule has 0 spiro atoms. The van der Waals surface area contributed by atoms with Gasteiger partial charge < -0.3 is 22.7 Å². The Morgan fingerprint density at radius 2 is 1.30 bits per heavy atom. The van der Waals surface area contributed by atoms with Crippen molar-refractivity contribution in [1.29, 1.82) is 0 Å². The summed E-state index contributed by atoms with van der Waals surface area (Å²) in [5, 5.41) is 16.4. The molecule has 0 aliphatic rings. The Morgan fingerprint density at radius 1 is 0.850 bits per heavy atom. The summed E-state index contributed by atoms with van der Waals surface area (Å²) in [7, 11) is 0. The Hall–Kier alpha value is -2.18. The fraction of sp³-hybridized carbons (Fsp3) is 0. The summed E-state index contributed by atoms with van der Waals surface area (Å²) in [5.41, 5.74) is 9.62. The van der Waals surface area contributed by atoms with E-state index in [1.165, 1.54) is 0 Å². The average molecular weight is 334 g/mol. The van der Waals surface area contributed by atoms with Crippen LogP contribution in [-0.2, 0) is 0 Å². The average Bonchev–Trinajstić information content (AvgIpc) is 2.49. The number of nitrogens with one attached hydrogen (secondary N) is 1. The van der Waals surface area contributed by atoms with Gasteiger partial charge >= 0.3 is 0 Å². The van der Waals surface area contributed by atoms with Gasteiger partial charge in [-0.2, -0.15) is 0 Å². The summed E-state index contributed by atoms with van der Waals surface area (Å²) >= 11 is 0. The molecule has 4 N–H and O–H groups in total. The van der Waals surface area contributed by atoms with Crippen LogP contribution in [0.25, 0.3) is 0 Å². The minimum Gasteiger partial charge on any atom is -1.00 e. The van der Waals surface area contributed by atoms with Gasteiger partial charge in [-0.25, -0.2) is 5.48 Å². The Balaban J connectivity index is 0.00000200. The lowest BCUT2D eigenvalue weighted by atomic mass is 10.0. The lowest BCUT2D eigenvalue weighted by molar-refractivity contribution is -0.00000480. The van der Waals surface area contributed by atoms with Crippen LogP contribution in [0.1, 0.15) is 11.1 Å². The molecule has 0 aliphatic heterocycles. The van der Waals surface area contributed by atoms with E-state index < -0.39 is 0 Å². The maximum absolute atomic E-state index is 8.61. The fourth-order valence-electron chi connectivity index (χ4n) is 1.60. The Kier molecular flexibility index (Phi) is 6.42. The quantitative estimate of drug-likeness (QED) is 0.372. The predicted octanol–water partition coefficient (Wildman–Crippen LogP) is -1.26. The van der Waals surface area contributed by atoms with Gasteiger partial charge in [-0.1, -0.05) is 60.7 Å². The van der Waals surface area contributed by atoms with Crippen molar-refractivity contribution in [3.63, 3.8) is 0 Å². The minimum absolute atomic E-state index is 0. The van der Waals surface area contributed by atoms with Crippen LogP contribution in [0.5, 0.6) is 0 Å². The maximum atomic E-state index is 8.61. The SMILES string of the molecule is N/C(=N\N=C(c1ccccc1)c1ccccc1)NO.[Br-]. The summed E-state index contributed by atoms with van der Waals surface area (Å²) < 4.78 is 0. The van der Waals surface area contributed by atoms with Crippen LogP contribution < -0.4 is 28.2 Å². The third kappa shape index (κ3) is 4.18. The van der Waals surface area contributed by atoms with Gasteiger partial charge in [0.05, 0.1) is 0 Å². The molecule has 0 atom stereocenters. The largest absolute Gasteiger partial charge is 1.00 e. The number of guanidine groups is 1. The zero-order chi connectivity index (χ0) is 13.5. The van der Waals surface area contributed by atoms with Gasteiger partial charge in [0.1, 0.15) is 5.71 Å². The van der Waals surface area contributed by atoms with Crippen LogP contribution in [0.2, 0.25) is 0 Å². The number of hydrogen-bond acceptors (Lipinski definition) is 3. The van der Waals surface area contributed by atoms with Gasteiger partial charge in [-0.3, -0.25) is 5.21 Å². The first-order chi connectivity index (χ1) is 9.31. The number of benzene rings is 2. The number of nitrogens with two attached hydrogens (primary N) is 1. The molecular formula is C14H14BrN4O-. The molecule has 104 valence electrons. The zero-order valence-electron chi connectivity index (χ0n) is 10.6. The van der Waals surface area contributed by atoms with Gasteiger partial charge in [0, 0.05) is 11.1 Å². The molecule has 2 aromatic carbocycles. The van der Waals surface area contributed by atoms with E-state index in [2.05, 4.69) is 10.2 Å². The molecule has 6 heteroatoms. The fourth-order valence-corrected chi connectivity index (χ4v) is 1.60. The molecule has 0 bridgehead atoms. The molecule has 0 heterocycles. The molecule has 0 radical (unpaired) electrons. The molecule has 0 aliphatic carbocycles. The molecule has 0 saturated carbocycles. The lowest BCUT2D eigenvalue weighted by Gasteiger charge is -2.05. The molecule has 0 aromatic heterocycles. The number of hydrogen-bond donors (Lipinski definition) is 3. The van der Waals surface area contributed by atoms with Crippen molar-refractivity contribution in [3.05, 3.63) is 71.8 Å². The van der Waals surface area contributed by atoms with Crippen molar-refractivity contribution in [2.45, 2.75) is 0 Å². The topological polar surface area (TPSA) is 83.0 Å². The zero-order valence-corrected chi connectivity index (χ0v) is 12.2. The standard InChI is InChI=1S/C14H14N4O.BrH/c15-14(18-19)17-16-13(11-7-3-1-4-8-11)12-9-5-2-6-10-12;/h1-10,19H,(H3,15,17,18);1H/p-1. The van der Waals surface area contributed by atoms with E-state index in [9.17, 15) is 0 Å². The van der Waals surface area contributed by atoms with Crippen LogP contribution in [0.4, 0.5) is 0 Å². The van der Waals surface area contributed by atoms with E-state index in [1.807, 2.05) is 60.7 Å². The first kappa shape index (κ1) is 15.9. The third-order valence-corrected chi connectivity index (χ3v) is 2.47. The van der Waals surface area contributed by atoms with Crippen molar-refractivity contribution < 1.29 is 22.2 Å². The Morgan fingerprint density at radius 3 is 1.70 bits per heavy atom. The molecular weight excluding hydrogens is 320 g/mol. The first-order valence-corrected chi connectivity index (χ1v) is 5.73. The van der Waals surface area contributed by atoms with E-state index >= 15 is 0 Å². The predicted molar refractivity (Wildman–Crippen MR) is 75.1 cm³/mol. The number of nitrogens with zero attached hydrogens (tertiary/aromatic N) is 2. The minimum atomic E-state index is -0.163. The summed E-state index contributed by atoms with van der Waals surface area (Å²) in [6, 6.07) is 19.3. The molecule has 2 rings (SSSR count). The Bertz CT molecular complexity index is 543. The molecule has 0 amide bonds. The van der Waals surface area contributed by atoms with E-state index in [-0.39, 0.29) is 22.9 Å². The van der Waals surface area contributed by atoms with Crippen LogP contribution in [-0.4, -0.2) is 16.9 Å². The highest BCUT2D eigenvalue weighted by molar-refractivity contribution is 6.12. The highest BCUT2D eigenvalue weighted by atomic mass is 79.9. The van der Waals surface area contributed by atoms with Gasteiger partial charge in [-0.15, -0.1) is 10.2 Å². The molecule has 5 nitrogen and oxygen atoms in total.